The van der Waals surface area contributed by atoms with Crippen molar-refractivity contribution in [3.05, 3.63) is 93.4 Å². The second-order valence-corrected chi connectivity index (χ2v) is 7.93. The largest absolute Gasteiger partial charge is 0.494 e. The van der Waals surface area contributed by atoms with Gasteiger partial charge >= 0.3 is 0 Å². The molecule has 0 saturated heterocycles. The number of fused-ring (bicyclic) bond motifs is 1. The van der Waals surface area contributed by atoms with Gasteiger partial charge < -0.3 is 14.8 Å². The van der Waals surface area contributed by atoms with Crippen LogP contribution in [0.5, 0.6) is 17.2 Å². The molecule has 0 unspecified atom stereocenters. The number of anilines is 1. The number of hydrogen-bond donors (Lipinski definition) is 1. The number of hydrogen-bond acceptors (Lipinski definition) is 3. The lowest BCUT2D eigenvalue weighted by Gasteiger charge is -2.13. The first kappa shape index (κ1) is 21.3. The molecule has 1 amide bonds. The number of rotatable bonds is 5. The quantitative estimate of drug-likeness (QED) is 0.322. The second-order valence-electron chi connectivity index (χ2n) is 6.68. The van der Waals surface area contributed by atoms with Gasteiger partial charge in [0.1, 0.15) is 17.2 Å². The molecule has 0 saturated carbocycles. The third kappa shape index (κ3) is 4.72. The summed E-state index contributed by atoms with van der Waals surface area (Å²) in [5.41, 5.74) is 0.701. The van der Waals surface area contributed by atoms with Gasteiger partial charge in [0.2, 0.25) is 0 Å². The molecule has 0 aliphatic rings. The van der Waals surface area contributed by atoms with E-state index in [0.29, 0.717) is 27.2 Å². The minimum atomic E-state index is -0.430. The predicted octanol–water partition coefficient (Wildman–Crippen LogP) is 7.85. The standard InChI is InChI=1S/C24H16Cl3NO3/c1-30-23-19(11-16(25)12-21(23)27)24(29)28-17-7-9-22(20(26)13-17)31-18-8-6-14-4-2-3-5-15(14)10-18/h2-13H,1H3,(H,28,29). The van der Waals surface area contributed by atoms with Crippen molar-refractivity contribution in [3.8, 4) is 17.2 Å². The molecule has 0 spiro atoms. The average molecular weight is 473 g/mol. The van der Waals surface area contributed by atoms with Crippen molar-refractivity contribution >= 4 is 57.2 Å². The Bertz CT molecular complexity index is 1290. The highest BCUT2D eigenvalue weighted by Crippen LogP contribution is 2.35. The van der Waals surface area contributed by atoms with Gasteiger partial charge in [0.25, 0.3) is 5.91 Å². The predicted molar refractivity (Wildman–Crippen MR) is 126 cm³/mol. The van der Waals surface area contributed by atoms with Crippen molar-refractivity contribution in [3.63, 3.8) is 0 Å². The molecule has 7 heteroatoms. The monoisotopic (exact) mass is 471 g/mol. The number of ether oxygens (including phenoxy) is 2. The summed E-state index contributed by atoms with van der Waals surface area (Å²) in [5.74, 6) is 0.945. The number of halogens is 3. The van der Waals surface area contributed by atoms with Crippen LogP contribution >= 0.6 is 34.8 Å². The minimum absolute atomic E-state index is 0.215. The molecule has 4 aromatic carbocycles. The van der Waals surface area contributed by atoms with Crippen molar-refractivity contribution < 1.29 is 14.3 Å². The first-order chi connectivity index (χ1) is 14.9. The molecule has 31 heavy (non-hydrogen) atoms. The molecule has 0 atom stereocenters. The van der Waals surface area contributed by atoms with Crippen molar-refractivity contribution in [1.29, 1.82) is 0 Å². The van der Waals surface area contributed by atoms with Crippen LogP contribution in [0.15, 0.2) is 72.8 Å². The molecular formula is C24H16Cl3NO3. The number of methoxy groups -OCH3 is 1. The van der Waals surface area contributed by atoms with Gasteiger partial charge in [-0.1, -0.05) is 65.1 Å². The normalized spacial score (nSPS) is 10.7. The van der Waals surface area contributed by atoms with E-state index in [1.165, 1.54) is 19.2 Å². The molecule has 0 aliphatic carbocycles. The van der Waals surface area contributed by atoms with Crippen molar-refractivity contribution in [2.24, 2.45) is 0 Å². The Balaban J connectivity index is 1.54. The van der Waals surface area contributed by atoms with E-state index < -0.39 is 5.91 Å². The maximum atomic E-state index is 12.7. The van der Waals surface area contributed by atoms with E-state index >= 15 is 0 Å². The van der Waals surface area contributed by atoms with Gasteiger partial charge in [0, 0.05) is 10.7 Å². The highest BCUT2D eigenvalue weighted by molar-refractivity contribution is 6.36. The van der Waals surface area contributed by atoms with Gasteiger partial charge in [-0.25, -0.2) is 0 Å². The SMILES string of the molecule is COc1c(Cl)cc(Cl)cc1C(=O)Nc1ccc(Oc2ccc3ccccc3c2)c(Cl)c1. The van der Waals surface area contributed by atoms with E-state index in [1.807, 2.05) is 42.5 Å². The Labute approximate surface area is 194 Å². The summed E-state index contributed by atoms with van der Waals surface area (Å²) in [6.07, 6.45) is 0. The zero-order valence-electron chi connectivity index (χ0n) is 16.3. The second kappa shape index (κ2) is 9.06. The van der Waals surface area contributed by atoms with E-state index in [0.717, 1.165) is 10.8 Å². The average Bonchev–Trinajstić information content (AvgIpc) is 2.75. The van der Waals surface area contributed by atoms with E-state index in [4.69, 9.17) is 44.3 Å². The van der Waals surface area contributed by atoms with Gasteiger partial charge in [-0.15, -0.1) is 0 Å². The molecule has 4 aromatic rings. The highest BCUT2D eigenvalue weighted by Gasteiger charge is 2.17. The first-order valence-electron chi connectivity index (χ1n) is 9.25. The lowest BCUT2D eigenvalue weighted by Crippen LogP contribution is -2.13. The Morgan fingerprint density at radius 3 is 2.35 bits per heavy atom. The smallest absolute Gasteiger partial charge is 0.259 e. The Morgan fingerprint density at radius 1 is 0.839 bits per heavy atom. The van der Waals surface area contributed by atoms with Crippen LogP contribution in [-0.2, 0) is 0 Å². The van der Waals surface area contributed by atoms with E-state index in [2.05, 4.69) is 5.32 Å². The molecule has 4 nitrogen and oxygen atoms in total. The third-order valence-electron chi connectivity index (χ3n) is 4.60. The Kier molecular flexibility index (Phi) is 6.23. The maximum Gasteiger partial charge on any atom is 0.259 e. The van der Waals surface area contributed by atoms with Crippen LogP contribution in [-0.4, -0.2) is 13.0 Å². The van der Waals surface area contributed by atoms with Crippen LogP contribution in [0.25, 0.3) is 10.8 Å². The Morgan fingerprint density at radius 2 is 1.61 bits per heavy atom. The summed E-state index contributed by atoms with van der Waals surface area (Å²) >= 11 is 18.5. The van der Waals surface area contributed by atoms with Gasteiger partial charge in [-0.05, 0) is 53.2 Å². The summed E-state index contributed by atoms with van der Waals surface area (Å²) in [4.78, 5) is 12.7. The fourth-order valence-corrected chi connectivity index (χ4v) is 3.94. The van der Waals surface area contributed by atoms with Crippen LogP contribution in [0.1, 0.15) is 10.4 Å². The molecule has 0 fully saturated rings. The fraction of sp³-hybridized carbons (Fsp3) is 0.0417. The maximum absolute atomic E-state index is 12.7. The lowest BCUT2D eigenvalue weighted by atomic mass is 10.1. The van der Waals surface area contributed by atoms with Crippen LogP contribution in [0.2, 0.25) is 15.1 Å². The van der Waals surface area contributed by atoms with Gasteiger partial charge in [0.15, 0.2) is 0 Å². The zero-order valence-corrected chi connectivity index (χ0v) is 18.6. The van der Waals surface area contributed by atoms with Gasteiger partial charge in [0.05, 0.1) is 22.7 Å². The molecule has 0 aliphatic heterocycles. The van der Waals surface area contributed by atoms with Crippen LogP contribution < -0.4 is 14.8 Å². The number of amides is 1. The van der Waals surface area contributed by atoms with E-state index in [1.54, 1.807) is 18.2 Å². The van der Waals surface area contributed by atoms with Crippen molar-refractivity contribution in [2.75, 3.05) is 12.4 Å². The summed E-state index contributed by atoms with van der Waals surface area (Å²) in [7, 11) is 1.43. The first-order valence-corrected chi connectivity index (χ1v) is 10.4. The fourth-order valence-electron chi connectivity index (χ4n) is 3.15. The van der Waals surface area contributed by atoms with Crippen LogP contribution in [0.3, 0.4) is 0 Å². The topological polar surface area (TPSA) is 47.6 Å². The molecule has 0 radical (unpaired) electrons. The van der Waals surface area contributed by atoms with Crippen molar-refractivity contribution in [1.82, 2.24) is 0 Å². The molecule has 156 valence electrons. The van der Waals surface area contributed by atoms with Crippen LogP contribution in [0, 0.1) is 0 Å². The molecule has 0 aromatic heterocycles. The number of nitrogens with one attached hydrogen (secondary N) is 1. The van der Waals surface area contributed by atoms with E-state index in [9.17, 15) is 4.79 Å². The van der Waals surface area contributed by atoms with Gasteiger partial charge in [-0.2, -0.15) is 0 Å². The molecule has 4 rings (SSSR count). The summed E-state index contributed by atoms with van der Waals surface area (Å²) in [5, 5.41) is 5.88. The summed E-state index contributed by atoms with van der Waals surface area (Å²) < 4.78 is 11.2. The molecule has 0 heterocycles. The Hall–Kier alpha value is -2.92. The molecule has 0 bridgehead atoms. The molecule has 1 N–H and O–H groups in total. The molecular weight excluding hydrogens is 457 g/mol. The van der Waals surface area contributed by atoms with Crippen molar-refractivity contribution in [2.45, 2.75) is 0 Å². The van der Waals surface area contributed by atoms with Gasteiger partial charge in [-0.3, -0.25) is 4.79 Å². The highest BCUT2D eigenvalue weighted by atomic mass is 35.5. The minimum Gasteiger partial charge on any atom is -0.494 e. The summed E-state index contributed by atoms with van der Waals surface area (Å²) in [6, 6.07) is 21.8. The summed E-state index contributed by atoms with van der Waals surface area (Å²) in [6.45, 7) is 0. The number of carbonyl (C=O) groups excluding carboxylic acids is 1. The zero-order chi connectivity index (χ0) is 22.0. The third-order valence-corrected chi connectivity index (χ3v) is 5.39. The van der Waals surface area contributed by atoms with E-state index in [-0.39, 0.29) is 16.3 Å². The van der Waals surface area contributed by atoms with Crippen LogP contribution in [0.4, 0.5) is 5.69 Å². The lowest BCUT2D eigenvalue weighted by molar-refractivity contribution is 0.102. The number of benzene rings is 4. The number of carbonyl (C=O) groups is 1.